The first-order valence-corrected chi connectivity index (χ1v) is 6.22. The molecule has 3 heteroatoms. The molecule has 0 heterocycles. The first-order valence-electron chi connectivity index (χ1n) is 6.22. The molecule has 0 saturated heterocycles. The van der Waals surface area contributed by atoms with Gasteiger partial charge < -0.3 is 10.6 Å². The molecule has 0 aliphatic heterocycles. The smallest absolute Gasteiger partial charge is 0.219 e. The highest BCUT2D eigenvalue weighted by Gasteiger charge is 1.98. The molecule has 0 unspecified atom stereocenters. The van der Waals surface area contributed by atoms with Crippen molar-refractivity contribution >= 4 is 5.91 Å². The van der Waals surface area contributed by atoms with E-state index in [2.05, 4.69) is 17.6 Å². The second-order valence-corrected chi connectivity index (χ2v) is 3.26. The Morgan fingerprint density at radius 3 is 2.27 bits per heavy atom. The van der Waals surface area contributed by atoms with Crippen molar-refractivity contribution < 1.29 is 4.79 Å². The van der Waals surface area contributed by atoms with Gasteiger partial charge in [-0.1, -0.05) is 27.2 Å². The van der Waals surface area contributed by atoms with Gasteiger partial charge in [-0.3, -0.25) is 4.79 Å². The molecule has 0 spiro atoms. The average Bonchev–Trinajstić information content (AvgIpc) is 2.29. The van der Waals surface area contributed by atoms with E-state index in [1.807, 2.05) is 20.9 Å². The lowest BCUT2D eigenvalue weighted by atomic mass is 10.2. The van der Waals surface area contributed by atoms with Gasteiger partial charge in [-0.15, -0.1) is 0 Å². The van der Waals surface area contributed by atoms with Gasteiger partial charge in [0.05, 0.1) is 0 Å². The fraction of sp³-hybridized carbons (Fsp3) is 0.917. The highest BCUT2D eigenvalue weighted by Crippen LogP contribution is 1.98. The standard InChI is InChI=1S/C10H22N2O.C2H6/c1-3-8-12-10(13)7-5-4-6-9-11-2;1-2/h11H,3-9H2,1-2H3,(H,12,13);1-2H3. The SMILES string of the molecule is CC.CCCNC(=O)CCCCCNC. The Morgan fingerprint density at radius 1 is 1.07 bits per heavy atom. The van der Waals surface area contributed by atoms with Gasteiger partial charge in [-0.25, -0.2) is 0 Å². The molecule has 0 aromatic carbocycles. The summed E-state index contributed by atoms with van der Waals surface area (Å²) in [5.74, 6) is 0.200. The second kappa shape index (κ2) is 15.9. The van der Waals surface area contributed by atoms with E-state index in [-0.39, 0.29) is 5.91 Å². The van der Waals surface area contributed by atoms with E-state index in [9.17, 15) is 4.79 Å². The third-order valence-electron chi connectivity index (χ3n) is 1.90. The molecule has 0 fully saturated rings. The van der Waals surface area contributed by atoms with Crippen LogP contribution in [0, 0.1) is 0 Å². The van der Waals surface area contributed by atoms with E-state index >= 15 is 0 Å². The second-order valence-electron chi connectivity index (χ2n) is 3.26. The van der Waals surface area contributed by atoms with Gasteiger partial charge in [0, 0.05) is 13.0 Å². The molecule has 3 nitrogen and oxygen atoms in total. The number of carbonyl (C=O) groups is 1. The van der Waals surface area contributed by atoms with Crippen molar-refractivity contribution in [3.8, 4) is 0 Å². The molecular weight excluding hydrogens is 188 g/mol. The Bertz CT molecular complexity index is 127. The first kappa shape index (κ1) is 16.8. The zero-order chi connectivity index (χ0) is 11.9. The summed E-state index contributed by atoms with van der Waals surface area (Å²) in [6.07, 6.45) is 5.02. The van der Waals surface area contributed by atoms with Gasteiger partial charge in [0.1, 0.15) is 0 Å². The highest BCUT2D eigenvalue weighted by molar-refractivity contribution is 5.75. The summed E-state index contributed by atoms with van der Waals surface area (Å²) in [7, 11) is 1.95. The molecule has 0 bridgehead atoms. The van der Waals surface area contributed by atoms with Crippen LogP contribution in [-0.4, -0.2) is 26.0 Å². The average molecular weight is 216 g/mol. The Morgan fingerprint density at radius 2 is 1.73 bits per heavy atom. The minimum absolute atomic E-state index is 0.200. The first-order chi connectivity index (χ1) is 7.31. The topological polar surface area (TPSA) is 41.1 Å². The normalized spacial score (nSPS) is 9.07. The number of hydrogen-bond acceptors (Lipinski definition) is 2. The predicted octanol–water partition coefficient (Wildman–Crippen LogP) is 2.32. The van der Waals surface area contributed by atoms with E-state index in [0.29, 0.717) is 6.42 Å². The van der Waals surface area contributed by atoms with Crippen molar-refractivity contribution in [3.63, 3.8) is 0 Å². The Kier molecular flexibility index (Phi) is 17.8. The minimum Gasteiger partial charge on any atom is -0.356 e. The van der Waals surface area contributed by atoms with Gasteiger partial charge in [0.2, 0.25) is 5.91 Å². The fourth-order valence-corrected chi connectivity index (χ4v) is 1.12. The van der Waals surface area contributed by atoms with Gasteiger partial charge >= 0.3 is 0 Å². The number of unbranched alkanes of at least 4 members (excludes halogenated alkanes) is 2. The van der Waals surface area contributed by atoms with E-state index in [4.69, 9.17) is 0 Å². The van der Waals surface area contributed by atoms with Crippen LogP contribution in [0.2, 0.25) is 0 Å². The number of amides is 1. The van der Waals surface area contributed by atoms with Crippen molar-refractivity contribution in [2.75, 3.05) is 20.1 Å². The van der Waals surface area contributed by atoms with Crippen molar-refractivity contribution in [1.29, 1.82) is 0 Å². The van der Waals surface area contributed by atoms with Crippen molar-refractivity contribution in [3.05, 3.63) is 0 Å². The van der Waals surface area contributed by atoms with E-state index in [0.717, 1.165) is 38.8 Å². The van der Waals surface area contributed by atoms with E-state index < -0.39 is 0 Å². The summed E-state index contributed by atoms with van der Waals surface area (Å²) in [5, 5.41) is 5.96. The van der Waals surface area contributed by atoms with E-state index in [1.165, 1.54) is 0 Å². The van der Waals surface area contributed by atoms with Crippen LogP contribution in [0.4, 0.5) is 0 Å². The van der Waals surface area contributed by atoms with Crippen LogP contribution in [0.1, 0.15) is 52.9 Å². The number of rotatable bonds is 8. The van der Waals surface area contributed by atoms with Crippen LogP contribution in [0.3, 0.4) is 0 Å². The predicted molar refractivity (Wildman–Crippen MR) is 67.0 cm³/mol. The maximum absolute atomic E-state index is 11.1. The summed E-state index contributed by atoms with van der Waals surface area (Å²) < 4.78 is 0. The molecule has 1 amide bonds. The van der Waals surface area contributed by atoms with Crippen molar-refractivity contribution in [2.24, 2.45) is 0 Å². The number of carbonyl (C=O) groups excluding carboxylic acids is 1. The van der Waals surface area contributed by atoms with Crippen LogP contribution < -0.4 is 10.6 Å². The molecule has 0 atom stereocenters. The maximum atomic E-state index is 11.1. The molecule has 0 aliphatic rings. The van der Waals surface area contributed by atoms with Crippen molar-refractivity contribution in [1.82, 2.24) is 10.6 Å². The third-order valence-corrected chi connectivity index (χ3v) is 1.90. The third kappa shape index (κ3) is 16.1. The molecular formula is C12H28N2O. The molecule has 0 rings (SSSR count). The van der Waals surface area contributed by atoms with Crippen LogP contribution in [0.15, 0.2) is 0 Å². The minimum atomic E-state index is 0.200. The monoisotopic (exact) mass is 216 g/mol. The van der Waals surface area contributed by atoms with Gasteiger partial charge in [0.15, 0.2) is 0 Å². The van der Waals surface area contributed by atoms with Gasteiger partial charge in [-0.05, 0) is 32.9 Å². The highest BCUT2D eigenvalue weighted by atomic mass is 16.1. The molecule has 15 heavy (non-hydrogen) atoms. The van der Waals surface area contributed by atoms with Crippen molar-refractivity contribution in [2.45, 2.75) is 52.9 Å². The van der Waals surface area contributed by atoms with Crippen LogP contribution in [0.25, 0.3) is 0 Å². The quantitative estimate of drug-likeness (QED) is 0.611. The molecule has 2 N–H and O–H groups in total. The number of nitrogens with one attached hydrogen (secondary N) is 2. The zero-order valence-corrected chi connectivity index (χ0v) is 10.9. The van der Waals surface area contributed by atoms with Crippen LogP contribution in [0.5, 0.6) is 0 Å². The largest absolute Gasteiger partial charge is 0.356 e. The molecule has 0 radical (unpaired) electrons. The Balaban J connectivity index is 0. The summed E-state index contributed by atoms with van der Waals surface area (Å²) in [5.41, 5.74) is 0. The molecule has 0 aromatic heterocycles. The van der Waals surface area contributed by atoms with Crippen LogP contribution >= 0.6 is 0 Å². The lowest BCUT2D eigenvalue weighted by Crippen LogP contribution is -2.23. The Labute approximate surface area is 95.0 Å². The molecule has 92 valence electrons. The summed E-state index contributed by atoms with van der Waals surface area (Å²) in [6, 6.07) is 0. The molecule has 0 aliphatic carbocycles. The maximum Gasteiger partial charge on any atom is 0.219 e. The van der Waals surface area contributed by atoms with Gasteiger partial charge in [0.25, 0.3) is 0 Å². The fourth-order valence-electron chi connectivity index (χ4n) is 1.12. The lowest BCUT2D eigenvalue weighted by molar-refractivity contribution is -0.121. The Hall–Kier alpha value is -0.570. The lowest BCUT2D eigenvalue weighted by Gasteiger charge is -2.02. The van der Waals surface area contributed by atoms with Gasteiger partial charge in [-0.2, -0.15) is 0 Å². The molecule has 0 aromatic rings. The molecule has 0 saturated carbocycles. The van der Waals surface area contributed by atoms with E-state index in [1.54, 1.807) is 0 Å². The number of hydrogen-bond donors (Lipinski definition) is 2. The zero-order valence-electron chi connectivity index (χ0n) is 10.9. The summed E-state index contributed by atoms with van der Waals surface area (Å²) in [6.45, 7) is 7.93. The van der Waals surface area contributed by atoms with Crippen LogP contribution in [-0.2, 0) is 4.79 Å². The summed E-state index contributed by atoms with van der Waals surface area (Å²) in [4.78, 5) is 11.1. The summed E-state index contributed by atoms with van der Waals surface area (Å²) >= 11 is 0.